The van der Waals surface area contributed by atoms with Crippen LogP contribution in [0.1, 0.15) is 47.9 Å². The summed E-state index contributed by atoms with van der Waals surface area (Å²) in [5.74, 6) is -7.09. The molecule has 3 aromatic rings. The summed E-state index contributed by atoms with van der Waals surface area (Å²) in [5.41, 5.74) is 1.89. The summed E-state index contributed by atoms with van der Waals surface area (Å²) >= 11 is 0. The molecule has 0 N–H and O–H groups in total. The highest BCUT2D eigenvalue weighted by atomic mass is 19.2. The van der Waals surface area contributed by atoms with Gasteiger partial charge in [-0.2, -0.15) is 0 Å². The SMILES string of the molecule is CCCc1ccc(C2CCc3cc(-c4cc(F)c(F)c(F)c4)c(F)cc3C2)c(F)c1F. The number of hydrogen-bond donors (Lipinski definition) is 0. The van der Waals surface area contributed by atoms with Crippen LogP contribution in [0.3, 0.4) is 0 Å². The fraction of sp³-hybridized carbons (Fsp3) is 0.280. The van der Waals surface area contributed by atoms with Gasteiger partial charge in [0.25, 0.3) is 0 Å². The van der Waals surface area contributed by atoms with E-state index in [1.54, 1.807) is 12.1 Å². The second-order valence-electron chi connectivity index (χ2n) is 7.99. The van der Waals surface area contributed by atoms with Gasteiger partial charge in [0.1, 0.15) is 5.82 Å². The smallest absolute Gasteiger partial charge is 0.194 e. The molecule has 0 spiro atoms. The van der Waals surface area contributed by atoms with Crippen LogP contribution >= 0.6 is 0 Å². The Morgan fingerprint density at radius 1 is 0.774 bits per heavy atom. The van der Waals surface area contributed by atoms with Crippen LogP contribution in [0.5, 0.6) is 0 Å². The van der Waals surface area contributed by atoms with Crippen molar-refractivity contribution in [2.24, 2.45) is 0 Å². The van der Waals surface area contributed by atoms with Crippen molar-refractivity contribution in [1.29, 1.82) is 0 Å². The Morgan fingerprint density at radius 3 is 2.16 bits per heavy atom. The number of fused-ring (bicyclic) bond motifs is 1. The minimum absolute atomic E-state index is 0.0313. The first kappa shape index (κ1) is 21.5. The van der Waals surface area contributed by atoms with Gasteiger partial charge in [-0.05, 0) is 83.7 Å². The highest BCUT2D eigenvalue weighted by Crippen LogP contribution is 2.38. The van der Waals surface area contributed by atoms with Crippen molar-refractivity contribution in [3.63, 3.8) is 0 Å². The quantitative estimate of drug-likeness (QED) is 0.296. The second kappa shape index (κ2) is 8.40. The predicted octanol–water partition coefficient (Wildman–Crippen LogP) is 7.41. The maximum Gasteiger partial charge on any atom is 0.194 e. The molecule has 0 fully saturated rings. The molecule has 0 aliphatic heterocycles. The second-order valence-corrected chi connectivity index (χ2v) is 7.99. The summed E-state index contributed by atoms with van der Waals surface area (Å²) in [4.78, 5) is 0. The van der Waals surface area contributed by atoms with E-state index in [-0.39, 0.29) is 22.6 Å². The molecule has 0 nitrogen and oxygen atoms in total. The van der Waals surface area contributed by atoms with E-state index in [0.717, 1.165) is 17.7 Å². The Morgan fingerprint density at radius 2 is 1.48 bits per heavy atom. The minimum atomic E-state index is -1.61. The van der Waals surface area contributed by atoms with Gasteiger partial charge in [-0.15, -0.1) is 0 Å². The van der Waals surface area contributed by atoms with E-state index in [4.69, 9.17) is 0 Å². The fourth-order valence-corrected chi connectivity index (χ4v) is 4.36. The molecule has 162 valence electrons. The lowest BCUT2D eigenvalue weighted by molar-refractivity contribution is 0.447. The Labute approximate surface area is 176 Å². The molecule has 0 radical (unpaired) electrons. The monoisotopic (exact) mass is 434 g/mol. The third-order valence-corrected chi connectivity index (χ3v) is 5.96. The zero-order valence-electron chi connectivity index (χ0n) is 16.8. The van der Waals surface area contributed by atoms with Gasteiger partial charge >= 0.3 is 0 Å². The van der Waals surface area contributed by atoms with Crippen LogP contribution in [0, 0.1) is 34.9 Å². The Bertz CT molecular complexity index is 1130. The van der Waals surface area contributed by atoms with E-state index in [1.165, 1.54) is 12.1 Å². The van der Waals surface area contributed by atoms with Gasteiger partial charge in [-0.25, -0.2) is 26.3 Å². The third kappa shape index (κ3) is 3.95. The normalized spacial score (nSPS) is 15.8. The molecule has 0 aromatic heterocycles. The van der Waals surface area contributed by atoms with E-state index < -0.39 is 34.9 Å². The molecule has 0 bridgehead atoms. The topological polar surface area (TPSA) is 0 Å². The van der Waals surface area contributed by atoms with Crippen LogP contribution in [-0.4, -0.2) is 0 Å². The van der Waals surface area contributed by atoms with Gasteiger partial charge in [0.05, 0.1) is 0 Å². The number of benzene rings is 3. The molecule has 6 heteroatoms. The molecule has 4 rings (SSSR count). The van der Waals surface area contributed by atoms with Crippen LogP contribution in [-0.2, 0) is 19.3 Å². The first-order chi connectivity index (χ1) is 14.8. The molecule has 1 atom stereocenters. The van der Waals surface area contributed by atoms with Gasteiger partial charge in [0.15, 0.2) is 29.1 Å². The van der Waals surface area contributed by atoms with Crippen molar-refractivity contribution < 1.29 is 26.3 Å². The van der Waals surface area contributed by atoms with E-state index in [0.29, 0.717) is 43.2 Å². The first-order valence-corrected chi connectivity index (χ1v) is 10.2. The van der Waals surface area contributed by atoms with Gasteiger partial charge in [-0.1, -0.05) is 25.5 Å². The molecular formula is C25H20F6. The first-order valence-electron chi connectivity index (χ1n) is 10.2. The summed E-state index contributed by atoms with van der Waals surface area (Å²) in [6, 6.07) is 7.47. The van der Waals surface area contributed by atoms with Crippen molar-refractivity contribution in [2.75, 3.05) is 0 Å². The Kier molecular flexibility index (Phi) is 5.82. The predicted molar refractivity (Wildman–Crippen MR) is 107 cm³/mol. The van der Waals surface area contributed by atoms with Crippen LogP contribution < -0.4 is 0 Å². The molecule has 3 aromatic carbocycles. The Hall–Kier alpha value is -2.76. The standard InChI is InChI=1S/C25H20F6/c1-2-3-13-6-7-18(24(30)23(13)29)15-5-4-14-9-19(20(26)10-16(14)8-15)17-11-21(27)25(31)22(28)12-17/h6-7,9-12,15H,2-5,8H2,1H3. The number of hydrogen-bond acceptors (Lipinski definition) is 0. The lowest BCUT2D eigenvalue weighted by Gasteiger charge is -2.26. The summed E-state index contributed by atoms with van der Waals surface area (Å²) in [6.07, 6.45) is 2.47. The van der Waals surface area contributed by atoms with Crippen LogP contribution in [0.15, 0.2) is 36.4 Å². The molecule has 31 heavy (non-hydrogen) atoms. The zero-order valence-corrected chi connectivity index (χ0v) is 16.8. The molecule has 0 amide bonds. The third-order valence-electron chi connectivity index (χ3n) is 5.96. The van der Waals surface area contributed by atoms with Crippen molar-refractivity contribution >= 4 is 0 Å². The van der Waals surface area contributed by atoms with Crippen molar-refractivity contribution in [3.8, 4) is 11.1 Å². The highest BCUT2D eigenvalue weighted by Gasteiger charge is 2.26. The fourth-order valence-electron chi connectivity index (χ4n) is 4.36. The number of halogens is 6. The van der Waals surface area contributed by atoms with Crippen molar-refractivity contribution in [2.45, 2.75) is 44.9 Å². The molecule has 1 aliphatic rings. The average Bonchev–Trinajstić information content (AvgIpc) is 2.74. The molecule has 0 saturated carbocycles. The average molecular weight is 434 g/mol. The van der Waals surface area contributed by atoms with Crippen LogP contribution in [0.2, 0.25) is 0 Å². The summed E-state index contributed by atoms with van der Waals surface area (Å²) in [7, 11) is 0. The molecule has 1 aliphatic carbocycles. The van der Waals surface area contributed by atoms with E-state index >= 15 is 0 Å². The summed E-state index contributed by atoms with van der Waals surface area (Å²) in [6.45, 7) is 1.89. The molecule has 0 saturated heterocycles. The van der Waals surface area contributed by atoms with E-state index in [2.05, 4.69) is 0 Å². The molecular weight excluding hydrogens is 414 g/mol. The minimum Gasteiger partial charge on any atom is -0.206 e. The highest BCUT2D eigenvalue weighted by molar-refractivity contribution is 5.66. The van der Waals surface area contributed by atoms with Crippen LogP contribution in [0.4, 0.5) is 26.3 Å². The number of rotatable bonds is 4. The lowest BCUT2D eigenvalue weighted by atomic mass is 9.78. The number of aryl methyl sites for hydroxylation is 2. The zero-order chi connectivity index (χ0) is 22.3. The van der Waals surface area contributed by atoms with Crippen molar-refractivity contribution in [3.05, 3.63) is 93.6 Å². The maximum absolute atomic E-state index is 14.8. The van der Waals surface area contributed by atoms with E-state index in [9.17, 15) is 26.3 Å². The van der Waals surface area contributed by atoms with Gasteiger partial charge in [-0.3, -0.25) is 0 Å². The van der Waals surface area contributed by atoms with E-state index in [1.807, 2.05) is 6.92 Å². The van der Waals surface area contributed by atoms with Crippen LogP contribution in [0.25, 0.3) is 11.1 Å². The lowest BCUT2D eigenvalue weighted by Crippen LogP contribution is -2.16. The summed E-state index contributed by atoms with van der Waals surface area (Å²) in [5, 5.41) is 0. The summed E-state index contributed by atoms with van der Waals surface area (Å²) < 4.78 is 84.2. The van der Waals surface area contributed by atoms with Crippen molar-refractivity contribution in [1.82, 2.24) is 0 Å². The van der Waals surface area contributed by atoms with Gasteiger partial charge in [0, 0.05) is 5.56 Å². The van der Waals surface area contributed by atoms with Gasteiger partial charge in [0.2, 0.25) is 0 Å². The largest absolute Gasteiger partial charge is 0.206 e. The van der Waals surface area contributed by atoms with Gasteiger partial charge < -0.3 is 0 Å². The molecule has 1 unspecified atom stereocenters. The maximum atomic E-state index is 14.8. The molecule has 0 heterocycles. The Balaban J connectivity index is 1.66.